The molecule has 0 spiro atoms. The zero-order chi connectivity index (χ0) is 29.6. The minimum absolute atomic E-state index is 0.805. The summed E-state index contributed by atoms with van der Waals surface area (Å²) in [5, 5.41) is 10.8. The van der Waals surface area contributed by atoms with Crippen molar-refractivity contribution in [2.24, 2.45) is 0 Å². The van der Waals surface area contributed by atoms with E-state index < -0.39 is 0 Å². The van der Waals surface area contributed by atoms with Gasteiger partial charge in [0.2, 0.25) is 0 Å². The Labute approximate surface area is 275 Å². The van der Waals surface area contributed by atoms with Crippen LogP contribution in [0, 0.1) is 0 Å². The Morgan fingerprint density at radius 2 is 0.956 bits per heavy atom. The zero-order valence-corrected chi connectivity index (χ0v) is 27.0. The van der Waals surface area contributed by atoms with Crippen molar-refractivity contribution >= 4 is 134 Å². The molecule has 0 aliphatic rings. The van der Waals surface area contributed by atoms with E-state index in [1.54, 1.807) is 0 Å². The van der Waals surface area contributed by atoms with Gasteiger partial charge in [-0.2, -0.15) is 0 Å². The molecular formula is C40H22ClNS3. The van der Waals surface area contributed by atoms with Crippen LogP contribution in [0.25, 0.3) is 71.3 Å². The van der Waals surface area contributed by atoms with Crippen molar-refractivity contribution in [1.29, 1.82) is 0 Å². The van der Waals surface area contributed by atoms with E-state index in [1.165, 1.54) is 71.6 Å². The predicted molar refractivity (Wildman–Crippen MR) is 202 cm³/mol. The van der Waals surface area contributed by atoms with Crippen molar-refractivity contribution in [1.82, 2.24) is 0 Å². The molecule has 1 nitrogen and oxygen atoms in total. The van der Waals surface area contributed by atoms with Gasteiger partial charge in [0.15, 0.2) is 0 Å². The lowest BCUT2D eigenvalue weighted by Gasteiger charge is -2.26. The maximum Gasteiger partial charge on any atom is 0.0640 e. The summed E-state index contributed by atoms with van der Waals surface area (Å²) in [6.07, 6.45) is 0. The maximum absolute atomic E-state index is 6.77. The van der Waals surface area contributed by atoms with Crippen LogP contribution in [0.5, 0.6) is 0 Å². The van der Waals surface area contributed by atoms with Crippen LogP contribution in [0.3, 0.4) is 0 Å². The second-order valence-electron chi connectivity index (χ2n) is 11.4. The number of thiophene rings is 3. The van der Waals surface area contributed by atoms with E-state index in [9.17, 15) is 0 Å². The molecule has 0 N–H and O–H groups in total. The van der Waals surface area contributed by atoms with Gasteiger partial charge in [-0.15, -0.1) is 34.0 Å². The molecule has 10 rings (SSSR count). The Kier molecular flexibility index (Phi) is 5.61. The molecule has 0 atom stereocenters. The number of anilines is 3. The van der Waals surface area contributed by atoms with Crippen molar-refractivity contribution in [2.75, 3.05) is 4.90 Å². The van der Waals surface area contributed by atoms with Gasteiger partial charge < -0.3 is 4.90 Å². The van der Waals surface area contributed by atoms with E-state index in [-0.39, 0.29) is 0 Å². The van der Waals surface area contributed by atoms with Crippen molar-refractivity contribution in [3.05, 3.63) is 138 Å². The fourth-order valence-corrected chi connectivity index (χ4v) is 10.7. The van der Waals surface area contributed by atoms with Crippen LogP contribution < -0.4 is 4.90 Å². The standard InChI is InChI=1S/C40H22ClNS3/c41-32-22-38-39(28-11-2-1-8-25(28)32)31-21-24(17-19-37(31)44-38)42(23-16-18-36-30(20-23)27-10-4-5-14-34(27)43-36)33-13-7-12-29-26-9-3-6-15-35(26)45-40(29)33/h1-22H. The number of halogens is 1. The Hall–Kier alpha value is -4.45. The highest BCUT2D eigenvalue weighted by molar-refractivity contribution is 7.27. The smallest absolute Gasteiger partial charge is 0.0640 e. The monoisotopic (exact) mass is 647 g/mol. The minimum Gasteiger partial charge on any atom is -0.309 e. The molecule has 0 bridgehead atoms. The maximum atomic E-state index is 6.77. The van der Waals surface area contributed by atoms with E-state index in [1.807, 2.05) is 34.0 Å². The molecule has 7 aromatic carbocycles. The first-order valence-electron chi connectivity index (χ1n) is 14.9. The molecule has 0 radical (unpaired) electrons. The number of hydrogen-bond donors (Lipinski definition) is 0. The first-order chi connectivity index (χ1) is 22.2. The van der Waals surface area contributed by atoms with Crippen molar-refractivity contribution in [3.8, 4) is 0 Å². The highest BCUT2D eigenvalue weighted by atomic mass is 35.5. The molecule has 212 valence electrons. The molecule has 0 aliphatic heterocycles. The molecule has 3 aromatic heterocycles. The molecule has 0 fully saturated rings. The van der Waals surface area contributed by atoms with Gasteiger partial charge in [-0.1, -0.05) is 84.4 Å². The molecule has 0 aliphatic carbocycles. The van der Waals surface area contributed by atoms with E-state index in [0.29, 0.717) is 0 Å². The lowest BCUT2D eigenvalue weighted by molar-refractivity contribution is 1.32. The summed E-state index contributed by atoms with van der Waals surface area (Å²) in [7, 11) is 0. The van der Waals surface area contributed by atoms with Crippen LogP contribution in [0.2, 0.25) is 5.02 Å². The third kappa shape index (κ3) is 3.84. The number of nitrogens with zero attached hydrogens (tertiary/aromatic N) is 1. The largest absolute Gasteiger partial charge is 0.309 e. The average Bonchev–Trinajstić information content (AvgIpc) is 3.76. The molecule has 3 heterocycles. The summed E-state index contributed by atoms with van der Waals surface area (Å²) in [6, 6.07) is 48.8. The van der Waals surface area contributed by atoms with E-state index in [0.717, 1.165) is 21.8 Å². The molecule has 10 aromatic rings. The first-order valence-corrected chi connectivity index (χ1v) is 17.7. The van der Waals surface area contributed by atoms with Crippen LogP contribution in [0.15, 0.2) is 133 Å². The summed E-state index contributed by atoms with van der Waals surface area (Å²) in [5.41, 5.74) is 3.49. The van der Waals surface area contributed by atoms with Crippen LogP contribution in [0.4, 0.5) is 17.1 Å². The molecule has 0 amide bonds. The molecule has 0 saturated carbocycles. The van der Waals surface area contributed by atoms with Gasteiger partial charge >= 0.3 is 0 Å². The minimum atomic E-state index is 0.805. The summed E-state index contributed by atoms with van der Waals surface area (Å²) in [5.74, 6) is 0. The van der Waals surface area contributed by atoms with Gasteiger partial charge in [-0.05, 0) is 66.0 Å². The second-order valence-corrected chi connectivity index (χ2v) is 15.1. The van der Waals surface area contributed by atoms with Crippen LogP contribution in [-0.2, 0) is 0 Å². The van der Waals surface area contributed by atoms with Crippen LogP contribution >= 0.6 is 45.6 Å². The summed E-state index contributed by atoms with van der Waals surface area (Å²) in [4.78, 5) is 2.46. The molecular weight excluding hydrogens is 626 g/mol. The summed E-state index contributed by atoms with van der Waals surface area (Å²) >= 11 is 12.3. The molecule has 5 heteroatoms. The number of hydrogen-bond acceptors (Lipinski definition) is 4. The quantitative estimate of drug-likeness (QED) is 0.184. The normalized spacial score (nSPS) is 12.1. The van der Waals surface area contributed by atoms with E-state index >= 15 is 0 Å². The number of rotatable bonds is 3. The van der Waals surface area contributed by atoms with Gasteiger partial charge in [0.25, 0.3) is 0 Å². The highest BCUT2D eigenvalue weighted by Crippen LogP contribution is 2.48. The van der Waals surface area contributed by atoms with Gasteiger partial charge in [0.1, 0.15) is 0 Å². The van der Waals surface area contributed by atoms with Crippen molar-refractivity contribution < 1.29 is 0 Å². The summed E-state index contributed by atoms with van der Waals surface area (Å²) in [6.45, 7) is 0. The topological polar surface area (TPSA) is 3.24 Å². The van der Waals surface area contributed by atoms with Crippen LogP contribution in [-0.4, -0.2) is 0 Å². The Morgan fingerprint density at radius 1 is 0.400 bits per heavy atom. The number of benzene rings is 7. The Balaban J connectivity index is 1.29. The SMILES string of the molecule is Clc1cc2sc3ccc(N(c4ccc5sc6ccccc6c5c4)c4cccc5c4sc4ccccc45)cc3c2c2ccccc12. The lowest BCUT2D eigenvalue weighted by Crippen LogP contribution is -2.09. The van der Waals surface area contributed by atoms with E-state index in [2.05, 4.69) is 138 Å². The zero-order valence-electron chi connectivity index (χ0n) is 23.8. The number of fused-ring (bicyclic) bond motifs is 11. The second kappa shape index (κ2) is 9.77. The highest BCUT2D eigenvalue weighted by Gasteiger charge is 2.21. The third-order valence-electron chi connectivity index (χ3n) is 8.91. The first kappa shape index (κ1) is 25.8. The predicted octanol–water partition coefficient (Wildman–Crippen LogP) is 14.1. The van der Waals surface area contributed by atoms with Gasteiger partial charge in [0.05, 0.1) is 10.4 Å². The molecule has 0 saturated heterocycles. The fourth-order valence-electron chi connectivity index (χ4n) is 6.91. The van der Waals surface area contributed by atoms with Crippen molar-refractivity contribution in [3.63, 3.8) is 0 Å². The average molecular weight is 648 g/mol. The fraction of sp³-hybridized carbons (Fsp3) is 0. The van der Waals surface area contributed by atoms with Gasteiger partial charge in [-0.3, -0.25) is 0 Å². The van der Waals surface area contributed by atoms with Gasteiger partial charge in [0, 0.05) is 77.6 Å². The van der Waals surface area contributed by atoms with Gasteiger partial charge in [-0.25, -0.2) is 0 Å². The lowest BCUT2D eigenvalue weighted by atomic mass is 10.0. The molecule has 0 unspecified atom stereocenters. The Morgan fingerprint density at radius 3 is 1.73 bits per heavy atom. The third-order valence-corrected chi connectivity index (χ3v) is 12.7. The summed E-state index contributed by atoms with van der Waals surface area (Å²) < 4.78 is 7.71. The van der Waals surface area contributed by atoms with Crippen molar-refractivity contribution in [2.45, 2.75) is 0 Å². The Bertz CT molecular complexity index is 2800. The molecule has 45 heavy (non-hydrogen) atoms. The van der Waals surface area contributed by atoms with E-state index in [4.69, 9.17) is 11.6 Å². The van der Waals surface area contributed by atoms with Crippen LogP contribution in [0.1, 0.15) is 0 Å².